The number of alkyl halides is 3. The number of hydrogen-bond acceptors (Lipinski definition) is 7. The third kappa shape index (κ3) is 6.96. The number of rotatable bonds is 7. The Hall–Kier alpha value is -4.44. The van der Waals surface area contributed by atoms with E-state index >= 15 is 0 Å². The molecule has 2 aliphatic heterocycles. The van der Waals surface area contributed by atoms with Crippen LogP contribution in [-0.4, -0.2) is 92.0 Å². The first-order valence-corrected chi connectivity index (χ1v) is 14.6. The van der Waals surface area contributed by atoms with E-state index in [4.69, 9.17) is 17.3 Å². The van der Waals surface area contributed by atoms with Gasteiger partial charge in [-0.3, -0.25) is 23.9 Å². The summed E-state index contributed by atoms with van der Waals surface area (Å²) in [4.78, 5) is 57.7. The summed E-state index contributed by atoms with van der Waals surface area (Å²) in [6, 6.07) is 4.34. The van der Waals surface area contributed by atoms with E-state index in [1.807, 2.05) is 0 Å². The summed E-state index contributed by atoms with van der Waals surface area (Å²) in [5.74, 6) is -2.01. The molecule has 1 aromatic carbocycles. The molecule has 2 fully saturated rings. The van der Waals surface area contributed by atoms with E-state index in [1.54, 1.807) is 9.80 Å². The van der Waals surface area contributed by atoms with Gasteiger partial charge in [0.15, 0.2) is 11.5 Å². The molecule has 0 bridgehead atoms. The Morgan fingerprint density at radius 3 is 2.38 bits per heavy atom. The second-order valence-electron chi connectivity index (χ2n) is 10.9. The zero-order valence-electron chi connectivity index (χ0n) is 24.2. The predicted molar refractivity (Wildman–Crippen MR) is 156 cm³/mol. The van der Waals surface area contributed by atoms with Gasteiger partial charge < -0.3 is 30.7 Å². The topological polar surface area (TPSA) is 160 Å². The van der Waals surface area contributed by atoms with Gasteiger partial charge in [0, 0.05) is 51.0 Å². The van der Waals surface area contributed by atoms with E-state index in [9.17, 15) is 32.3 Å². The number of nitrogens with two attached hydrogens (primary N) is 1. The van der Waals surface area contributed by atoms with E-state index < -0.39 is 30.2 Å². The third-order valence-electron chi connectivity index (χ3n) is 7.84. The molecular formula is C28H31ClF3N9O4. The van der Waals surface area contributed by atoms with Crippen molar-refractivity contribution < 1.29 is 32.3 Å². The van der Waals surface area contributed by atoms with E-state index in [0.717, 1.165) is 47.6 Å². The zero-order chi connectivity index (χ0) is 32.5. The number of carbonyl (C=O) groups excluding carboxylic acids is 4. The number of aromatic nitrogens is 4. The minimum atomic E-state index is -4.85. The number of carbonyl (C=O) groups is 4. The average Bonchev–Trinajstić information content (AvgIpc) is 3.60. The number of benzene rings is 1. The first-order chi connectivity index (χ1) is 21.3. The molecule has 45 heavy (non-hydrogen) atoms. The molecule has 0 spiro atoms. The van der Waals surface area contributed by atoms with Crippen LogP contribution in [0.5, 0.6) is 0 Å². The quantitative estimate of drug-likeness (QED) is 0.353. The van der Waals surface area contributed by atoms with Gasteiger partial charge in [0.2, 0.25) is 11.8 Å². The largest absolute Gasteiger partial charge is 0.435 e. The molecule has 0 saturated carbocycles. The van der Waals surface area contributed by atoms with Crippen LogP contribution in [0.25, 0.3) is 11.3 Å². The van der Waals surface area contributed by atoms with E-state index in [1.165, 1.54) is 25.2 Å². The fourth-order valence-corrected chi connectivity index (χ4v) is 5.77. The Labute approximate surface area is 260 Å². The highest BCUT2D eigenvalue weighted by Crippen LogP contribution is 2.36. The van der Waals surface area contributed by atoms with Crippen LogP contribution >= 0.6 is 11.6 Å². The molecule has 0 radical (unpaired) electrons. The Morgan fingerprint density at radius 1 is 1.09 bits per heavy atom. The molecule has 4 amide bonds. The SMILES string of the molecule is Cn1c(-c2cn(CC(N)=O)nc2C(F)(F)F)cnc1C(=O)Nc1ccc(C(=O)N2CCN(C(=O)C3CCNCC3)CC2)c(Cl)c1. The van der Waals surface area contributed by atoms with Crippen LogP contribution in [0.4, 0.5) is 18.9 Å². The van der Waals surface area contributed by atoms with Crippen LogP contribution in [0.2, 0.25) is 5.02 Å². The van der Waals surface area contributed by atoms with Crippen LogP contribution in [0.1, 0.15) is 39.5 Å². The maximum absolute atomic E-state index is 13.7. The van der Waals surface area contributed by atoms with Crippen LogP contribution in [0.3, 0.4) is 0 Å². The smallest absolute Gasteiger partial charge is 0.368 e. The van der Waals surface area contributed by atoms with Gasteiger partial charge in [0.1, 0.15) is 6.54 Å². The van der Waals surface area contributed by atoms with Crippen molar-refractivity contribution in [2.75, 3.05) is 44.6 Å². The molecule has 13 nitrogen and oxygen atoms in total. The second-order valence-corrected chi connectivity index (χ2v) is 11.3. The van der Waals surface area contributed by atoms with Crippen molar-refractivity contribution in [3.05, 3.63) is 52.7 Å². The molecular weight excluding hydrogens is 619 g/mol. The lowest BCUT2D eigenvalue weighted by molar-refractivity contribution is -0.141. The van der Waals surface area contributed by atoms with E-state index in [-0.39, 0.29) is 51.1 Å². The second kappa shape index (κ2) is 12.9. The maximum Gasteiger partial charge on any atom is 0.435 e. The lowest BCUT2D eigenvalue weighted by Crippen LogP contribution is -2.52. The summed E-state index contributed by atoms with van der Waals surface area (Å²) >= 11 is 6.43. The molecule has 17 heteroatoms. The molecule has 4 N–H and O–H groups in total. The molecule has 2 aromatic heterocycles. The van der Waals surface area contributed by atoms with Gasteiger partial charge in [0.25, 0.3) is 11.8 Å². The summed E-state index contributed by atoms with van der Waals surface area (Å²) in [5, 5.41) is 9.37. The van der Waals surface area contributed by atoms with Gasteiger partial charge in [-0.25, -0.2) is 4.98 Å². The number of nitrogens with zero attached hydrogens (tertiary/aromatic N) is 6. The maximum atomic E-state index is 13.7. The normalized spacial score (nSPS) is 16.1. The van der Waals surface area contributed by atoms with Crippen molar-refractivity contribution in [3.8, 4) is 11.3 Å². The van der Waals surface area contributed by atoms with Crippen LogP contribution < -0.4 is 16.4 Å². The number of nitrogens with one attached hydrogen (secondary N) is 2. The lowest BCUT2D eigenvalue weighted by atomic mass is 9.96. The Morgan fingerprint density at radius 2 is 1.76 bits per heavy atom. The van der Waals surface area contributed by atoms with Gasteiger partial charge in [-0.05, 0) is 44.1 Å². The van der Waals surface area contributed by atoms with Gasteiger partial charge in [-0.15, -0.1) is 0 Å². The number of amides is 4. The number of anilines is 1. The van der Waals surface area contributed by atoms with Crippen LogP contribution in [0, 0.1) is 5.92 Å². The summed E-state index contributed by atoms with van der Waals surface area (Å²) in [5.41, 5.74) is 3.83. The molecule has 4 heterocycles. The number of piperidine rings is 1. The molecule has 5 rings (SSSR count). The van der Waals surface area contributed by atoms with Crippen molar-refractivity contribution in [2.24, 2.45) is 18.7 Å². The minimum Gasteiger partial charge on any atom is -0.368 e. The van der Waals surface area contributed by atoms with Gasteiger partial charge >= 0.3 is 6.18 Å². The predicted octanol–water partition coefficient (Wildman–Crippen LogP) is 1.98. The Kier molecular flexibility index (Phi) is 9.16. The third-order valence-corrected chi connectivity index (χ3v) is 8.15. The fraction of sp³-hybridized carbons (Fsp3) is 0.429. The fourth-order valence-electron chi connectivity index (χ4n) is 5.51. The molecule has 3 aromatic rings. The lowest BCUT2D eigenvalue weighted by Gasteiger charge is -2.37. The first-order valence-electron chi connectivity index (χ1n) is 14.2. The molecule has 0 aliphatic carbocycles. The summed E-state index contributed by atoms with van der Waals surface area (Å²) in [6.45, 7) is 2.67. The number of imidazole rings is 1. The molecule has 0 unspecified atom stereocenters. The van der Waals surface area contributed by atoms with Crippen molar-refractivity contribution >= 4 is 40.9 Å². The molecule has 2 saturated heterocycles. The highest BCUT2D eigenvalue weighted by Gasteiger charge is 2.39. The number of piperazine rings is 1. The summed E-state index contributed by atoms with van der Waals surface area (Å²) in [6.07, 6.45) is -1.14. The number of halogens is 4. The van der Waals surface area contributed by atoms with Crippen molar-refractivity contribution in [1.29, 1.82) is 0 Å². The molecule has 0 atom stereocenters. The van der Waals surface area contributed by atoms with Gasteiger partial charge in [-0.2, -0.15) is 18.3 Å². The van der Waals surface area contributed by atoms with Crippen molar-refractivity contribution in [2.45, 2.75) is 25.6 Å². The average molecular weight is 650 g/mol. The number of primary amides is 1. The Balaban J connectivity index is 1.24. The standard InChI is InChI=1S/C28H31ClF3N9O4/c1-38-21(19-14-41(15-22(33)42)37-23(19)28(30,31)32)13-35-24(38)25(43)36-17-2-3-18(20(29)12-17)27(45)40-10-8-39(9-11-40)26(44)16-4-6-34-7-5-16/h2-3,12-14,16,34H,4-11,15H2,1H3,(H2,33,42)(H,36,43). The van der Waals surface area contributed by atoms with Crippen LogP contribution in [0.15, 0.2) is 30.6 Å². The highest BCUT2D eigenvalue weighted by molar-refractivity contribution is 6.34. The van der Waals surface area contributed by atoms with Gasteiger partial charge in [0.05, 0.1) is 28.0 Å². The van der Waals surface area contributed by atoms with Crippen LogP contribution in [-0.2, 0) is 29.4 Å². The minimum absolute atomic E-state index is 0.00713. The number of hydrogen-bond donors (Lipinski definition) is 3. The molecule has 240 valence electrons. The highest BCUT2D eigenvalue weighted by atomic mass is 35.5. The zero-order valence-corrected chi connectivity index (χ0v) is 25.0. The van der Waals surface area contributed by atoms with Crippen molar-refractivity contribution in [1.82, 2.24) is 34.4 Å². The van der Waals surface area contributed by atoms with E-state index in [2.05, 4.69) is 20.7 Å². The van der Waals surface area contributed by atoms with Gasteiger partial charge in [-0.1, -0.05) is 11.6 Å². The monoisotopic (exact) mass is 649 g/mol. The van der Waals surface area contributed by atoms with Crippen molar-refractivity contribution in [3.63, 3.8) is 0 Å². The Bertz CT molecular complexity index is 1620. The first kappa shape index (κ1) is 32.0. The van der Waals surface area contributed by atoms with E-state index in [0.29, 0.717) is 26.2 Å². The summed E-state index contributed by atoms with van der Waals surface area (Å²) < 4.78 is 43.0. The molecule has 2 aliphatic rings. The summed E-state index contributed by atoms with van der Waals surface area (Å²) in [7, 11) is 1.36.